The first kappa shape index (κ1) is 16.6. The predicted molar refractivity (Wildman–Crippen MR) is 87.2 cm³/mol. The Balaban J connectivity index is 1.72. The summed E-state index contributed by atoms with van der Waals surface area (Å²) in [5.74, 6) is 1.42. The fraction of sp³-hybridized carbons (Fsp3) is 0.588. The molecule has 0 radical (unpaired) electrons. The Labute approximate surface area is 132 Å². The van der Waals surface area contributed by atoms with Crippen molar-refractivity contribution in [3.8, 4) is 5.75 Å². The number of hydrogen-bond acceptors (Lipinski definition) is 3. The van der Waals surface area contributed by atoms with Gasteiger partial charge in [-0.3, -0.25) is 0 Å². The van der Waals surface area contributed by atoms with E-state index in [0.717, 1.165) is 31.4 Å². The van der Waals surface area contributed by atoms with Crippen LogP contribution in [0.3, 0.4) is 0 Å². The van der Waals surface area contributed by atoms with Crippen molar-refractivity contribution in [1.29, 1.82) is 0 Å². The number of benzene rings is 1. The van der Waals surface area contributed by atoms with E-state index in [1.54, 1.807) is 0 Å². The molecule has 0 spiro atoms. The highest BCUT2D eigenvalue weighted by atomic mass is 16.5. The monoisotopic (exact) mass is 306 g/mol. The third kappa shape index (κ3) is 5.22. The first-order chi connectivity index (χ1) is 10.5. The molecule has 3 N–H and O–H groups in total. The quantitative estimate of drug-likeness (QED) is 0.724. The number of aliphatic hydroxyl groups is 1. The molecular weight excluding hydrogens is 280 g/mol. The van der Waals surface area contributed by atoms with Gasteiger partial charge in [0, 0.05) is 12.2 Å². The van der Waals surface area contributed by atoms with E-state index >= 15 is 0 Å². The summed E-state index contributed by atoms with van der Waals surface area (Å²) in [6.45, 7) is 5.32. The number of rotatable bonds is 7. The predicted octanol–water partition coefficient (Wildman–Crippen LogP) is 3.15. The van der Waals surface area contributed by atoms with Gasteiger partial charge in [-0.1, -0.05) is 13.8 Å². The molecule has 0 saturated heterocycles. The zero-order chi connectivity index (χ0) is 16.0. The van der Waals surface area contributed by atoms with Gasteiger partial charge in [-0.25, -0.2) is 4.79 Å². The molecule has 0 atom stereocenters. The van der Waals surface area contributed by atoms with Crippen molar-refractivity contribution in [2.24, 2.45) is 5.92 Å². The summed E-state index contributed by atoms with van der Waals surface area (Å²) in [4.78, 5) is 11.8. The highest BCUT2D eigenvalue weighted by Gasteiger charge is 2.34. The van der Waals surface area contributed by atoms with Crippen LogP contribution in [0.5, 0.6) is 5.75 Å². The van der Waals surface area contributed by atoms with Gasteiger partial charge < -0.3 is 20.5 Å². The van der Waals surface area contributed by atoms with Gasteiger partial charge in [0.1, 0.15) is 5.75 Å². The Hall–Kier alpha value is -1.75. The molecule has 0 aromatic heterocycles. The van der Waals surface area contributed by atoms with E-state index in [1.807, 2.05) is 24.3 Å². The number of carbonyl (C=O) groups is 1. The summed E-state index contributed by atoms with van der Waals surface area (Å²) in [5, 5.41) is 15.4. The average Bonchev–Trinajstić information content (AvgIpc) is 2.44. The molecule has 1 aromatic rings. The van der Waals surface area contributed by atoms with Gasteiger partial charge in [0.15, 0.2) is 0 Å². The Morgan fingerprint density at radius 1 is 1.32 bits per heavy atom. The van der Waals surface area contributed by atoms with Crippen molar-refractivity contribution in [2.45, 2.75) is 45.1 Å². The van der Waals surface area contributed by atoms with Gasteiger partial charge in [0.2, 0.25) is 0 Å². The van der Waals surface area contributed by atoms with Crippen molar-refractivity contribution in [3.05, 3.63) is 24.3 Å². The third-order valence-electron chi connectivity index (χ3n) is 3.94. The minimum Gasteiger partial charge on any atom is -0.494 e. The zero-order valence-electron chi connectivity index (χ0n) is 13.4. The summed E-state index contributed by atoms with van der Waals surface area (Å²) < 4.78 is 5.63. The molecule has 0 heterocycles. The number of hydrogen-bond donors (Lipinski definition) is 3. The van der Waals surface area contributed by atoms with E-state index in [2.05, 4.69) is 24.5 Å². The molecule has 122 valence electrons. The number of nitrogens with one attached hydrogen (secondary N) is 2. The second kappa shape index (κ2) is 7.49. The first-order valence-electron chi connectivity index (χ1n) is 7.97. The van der Waals surface area contributed by atoms with E-state index in [-0.39, 0.29) is 6.03 Å². The molecule has 22 heavy (non-hydrogen) atoms. The topological polar surface area (TPSA) is 70.6 Å². The van der Waals surface area contributed by atoms with Gasteiger partial charge in [-0.15, -0.1) is 0 Å². The fourth-order valence-electron chi connectivity index (χ4n) is 2.23. The molecule has 0 unspecified atom stereocenters. The Morgan fingerprint density at radius 3 is 2.55 bits per heavy atom. The largest absolute Gasteiger partial charge is 0.494 e. The molecule has 1 saturated carbocycles. The molecule has 2 amide bonds. The van der Waals surface area contributed by atoms with Crippen LogP contribution < -0.4 is 15.4 Å². The minimum atomic E-state index is -0.703. The maximum atomic E-state index is 11.8. The second-order valence-corrected chi connectivity index (χ2v) is 6.44. The molecule has 2 rings (SSSR count). The lowest BCUT2D eigenvalue weighted by molar-refractivity contribution is -0.0287. The van der Waals surface area contributed by atoms with Crippen LogP contribution in [0.1, 0.15) is 39.5 Å². The summed E-state index contributed by atoms with van der Waals surface area (Å²) in [7, 11) is 0. The van der Waals surface area contributed by atoms with Crippen molar-refractivity contribution < 1.29 is 14.6 Å². The Kier molecular flexibility index (Phi) is 5.66. The van der Waals surface area contributed by atoms with Crippen molar-refractivity contribution in [1.82, 2.24) is 5.32 Å². The van der Waals surface area contributed by atoms with Crippen LogP contribution in [-0.4, -0.2) is 29.9 Å². The molecule has 0 aliphatic heterocycles. The van der Waals surface area contributed by atoms with Gasteiger partial charge in [0.25, 0.3) is 0 Å². The Morgan fingerprint density at radius 2 is 2.00 bits per heavy atom. The summed E-state index contributed by atoms with van der Waals surface area (Å²) >= 11 is 0. The first-order valence-corrected chi connectivity index (χ1v) is 7.97. The van der Waals surface area contributed by atoms with Crippen LogP contribution in [-0.2, 0) is 0 Å². The van der Waals surface area contributed by atoms with Crippen LogP contribution in [0, 0.1) is 5.92 Å². The van der Waals surface area contributed by atoms with Crippen molar-refractivity contribution in [2.75, 3.05) is 18.5 Å². The molecule has 5 nitrogen and oxygen atoms in total. The van der Waals surface area contributed by atoms with Crippen molar-refractivity contribution in [3.63, 3.8) is 0 Å². The second-order valence-electron chi connectivity index (χ2n) is 6.44. The smallest absolute Gasteiger partial charge is 0.319 e. The lowest BCUT2D eigenvalue weighted by Gasteiger charge is -2.36. The van der Waals surface area contributed by atoms with E-state index in [9.17, 15) is 9.90 Å². The SMILES string of the molecule is CC(C)CCOc1ccc(NC(=O)NCC2(O)CCC2)cc1. The van der Waals surface area contributed by atoms with Crippen LogP contribution in [0.25, 0.3) is 0 Å². The van der Waals surface area contributed by atoms with E-state index in [0.29, 0.717) is 24.8 Å². The summed E-state index contributed by atoms with van der Waals surface area (Å²) in [5.41, 5.74) is 0.000139. The zero-order valence-corrected chi connectivity index (χ0v) is 13.4. The van der Waals surface area contributed by atoms with Crippen LogP contribution in [0.2, 0.25) is 0 Å². The molecule has 1 aromatic carbocycles. The number of carbonyl (C=O) groups excluding carboxylic acids is 1. The van der Waals surface area contributed by atoms with Crippen LogP contribution in [0.4, 0.5) is 10.5 Å². The normalized spacial score (nSPS) is 16.0. The lowest BCUT2D eigenvalue weighted by Crippen LogP contribution is -2.48. The highest BCUT2D eigenvalue weighted by Crippen LogP contribution is 2.30. The molecule has 5 heteroatoms. The maximum Gasteiger partial charge on any atom is 0.319 e. The van der Waals surface area contributed by atoms with Crippen LogP contribution in [0.15, 0.2) is 24.3 Å². The van der Waals surface area contributed by atoms with E-state index in [1.165, 1.54) is 0 Å². The average molecular weight is 306 g/mol. The molecule has 1 aliphatic carbocycles. The number of ether oxygens (including phenoxy) is 1. The highest BCUT2D eigenvalue weighted by molar-refractivity contribution is 5.89. The standard InChI is InChI=1S/C17H26N2O3/c1-13(2)8-11-22-15-6-4-14(5-7-15)19-16(20)18-12-17(21)9-3-10-17/h4-7,13,21H,3,8-12H2,1-2H3,(H2,18,19,20). The van der Waals surface area contributed by atoms with E-state index < -0.39 is 5.60 Å². The van der Waals surface area contributed by atoms with Gasteiger partial charge in [-0.2, -0.15) is 0 Å². The van der Waals surface area contributed by atoms with Crippen LogP contribution >= 0.6 is 0 Å². The third-order valence-corrected chi connectivity index (χ3v) is 3.94. The Bertz CT molecular complexity index is 481. The van der Waals surface area contributed by atoms with Gasteiger partial charge in [-0.05, 0) is 55.9 Å². The van der Waals surface area contributed by atoms with Gasteiger partial charge in [0.05, 0.1) is 12.2 Å². The van der Waals surface area contributed by atoms with Gasteiger partial charge >= 0.3 is 6.03 Å². The number of urea groups is 1. The minimum absolute atomic E-state index is 0.297. The molecule has 1 fully saturated rings. The molecule has 0 bridgehead atoms. The number of anilines is 1. The summed E-state index contributed by atoms with van der Waals surface area (Å²) in [6, 6.07) is 7.00. The van der Waals surface area contributed by atoms with E-state index in [4.69, 9.17) is 4.74 Å². The molecule has 1 aliphatic rings. The number of amides is 2. The van der Waals surface area contributed by atoms with Crippen molar-refractivity contribution >= 4 is 11.7 Å². The lowest BCUT2D eigenvalue weighted by atomic mass is 9.80. The summed E-state index contributed by atoms with van der Waals surface area (Å²) in [6.07, 6.45) is 3.56. The molecular formula is C17H26N2O3. The maximum absolute atomic E-state index is 11.8. The fourth-order valence-corrected chi connectivity index (χ4v) is 2.23.